The Bertz CT molecular complexity index is 877. The van der Waals surface area contributed by atoms with Gasteiger partial charge in [-0.1, -0.05) is 20.8 Å². The predicted molar refractivity (Wildman–Crippen MR) is 153 cm³/mol. The van der Waals surface area contributed by atoms with Crippen LogP contribution in [0.5, 0.6) is 0 Å². The number of methoxy groups -OCH3 is 1. The summed E-state index contributed by atoms with van der Waals surface area (Å²) in [5.41, 5.74) is 11.5. The predicted octanol–water partition coefficient (Wildman–Crippen LogP) is 4.43. The summed E-state index contributed by atoms with van der Waals surface area (Å²) >= 11 is 0. The number of rotatable bonds is 8. The van der Waals surface area contributed by atoms with E-state index in [0.29, 0.717) is 41.9 Å². The molecule has 10 atom stereocenters. The molecule has 0 radical (unpaired) electrons. The number of halogens is 2. The summed E-state index contributed by atoms with van der Waals surface area (Å²) in [5.74, 6) is 1.77. The summed E-state index contributed by atoms with van der Waals surface area (Å²) < 4.78 is 16.7. The van der Waals surface area contributed by atoms with Gasteiger partial charge >= 0.3 is 17.9 Å². The number of nitrogens with two attached hydrogens (primary N) is 2. The second kappa shape index (κ2) is 13.7. The second-order valence-corrected chi connectivity index (χ2v) is 12.9. The zero-order chi connectivity index (χ0) is 27.0. The van der Waals surface area contributed by atoms with Gasteiger partial charge in [-0.05, 0) is 98.2 Å². The van der Waals surface area contributed by atoms with Crippen molar-refractivity contribution in [2.75, 3.05) is 20.2 Å². The molecule has 4 aliphatic carbocycles. The third-order valence-corrected chi connectivity index (χ3v) is 11.3. The Morgan fingerprint density at radius 2 is 1.46 bits per heavy atom. The largest absolute Gasteiger partial charge is 0.469 e. The van der Waals surface area contributed by atoms with E-state index in [0.717, 1.165) is 57.8 Å². The van der Waals surface area contributed by atoms with Crippen LogP contribution in [0.25, 0.3) is 0 Å². The van der Waals surface area contributed by atoms with Gasteiger partial charge in [-0.2, -0.15) is 0 Å². The first-order valence-corrected chi connectivity index (χ1v) is 14.4. The Morgan fingerprint density at radius 1 is 0.846 bits per heavy atom. The van der Waals surface area contributed by atoms with Gasteiger partial charge in [0.2, 0.25) is 0 Å². The zero-order valence-electron chi connectivity index (χ0n) is 24.0. The molecule has 4 N–H and O–H groups in total. The number of hydrogen-bond acceptors (Lipinski definition) is 8. The molecule has 226 valence electrons. The lowest BCUT2D eigenvalue weighted by atomic mass is 9.43. The molecule has 0 aromatic rings. The fraction of sp³-hybridized carbons (Fsp3) is 0.897. The smallest absolute Gasteiger partial charge is 0.319 e. The molecule has 10 heteroatoms. The maximum absolute atomic E-state index is 12.5. The highest BCUT2D eigenvalue weighted by Gasteiger charge is 2.64. The van der Waals surface area contributed by atoms with E-state index in [4.69, 9.17) is 25.7 Å². The van der Waals surface area contributed by atoms with Crippen molar-refractivity contribution in [1.29, 1.82) is 0 Å². The van der Waals surface area contributed by atoms with Gasteiger partial charge in [0.1, 0.15) is 12.2 Å². The standard InChI is InChI=1S/C29H48N2O6.2ClH/c1-17(5-8-24(32)35-4)20-6-7-21-27-22(10-12-29(20,21)3)28(2)11-9-19(36-25(33)15-30)13-18(28)14-23(27)37-26(34)16-31;;/h17-23,27H,5-16,30-31H2,1-4H3;2*1H/t17-,18+,19-,20-,21+,22+,23-,27+,28+,29-;;/m1../s1. The van der Waals surface area contributed by atoms with Crippen LogP contribution >= 0.6 is 24.8 Å². The highest BCUT2D eigenvalue weighted by molar-refractivity contribution is 5.85. The van der Waals surface area contributed by atoms with E-state index < -0.39 is 0 Å². The van der Waals surface area contributed by atoms with Gasteiger partial charge in [0.15, 0.2) is 0 Å². The topological polar surface area (TPSA) is 131 Å². The number of fused-ring (bicyclic) bond motifs is 5. The molecule has 4 saturated carbocycles. The molecule has 0 unspecified atom stereocenters. The Balaban J connectivity index is 0.00000267. The molecular weight excluding hydrogens is 543 g/mol. The molecule has 0 aromatic heterocycles. The van der Waals surface area contributed by atoms with E-state index in [1.54, 1.807) is 0 Å². The maximum atomic E-state index is 12.5. The van der Waals surface area contributed by atoms with E-state index >= 15 is 0 Å². The minimum absolute atomic E-state index is 0. The van der Waals surface area contributed by atoms with E-state index in [-0.39, 0.29) is 78.8 Å². The van der Waals surface area contributed by atoms with Crippen LogP contribution in [0.4, 0.5) is 0 Å². The summed E-state index contributed by atoms with van der Waals surface area (Å²) in [7, 11) is 1.45. The van der Waals surface area contributed by atoms with Crippen LogP contribution in [0.3, 0.4) is 0 Å². The first-order chi connectivity index (χ1) is 17.6. The average Bonchev–Trinajstić information content (AvgIpc) is 3.24. The number of carbonyl (C=O) groups excluding carboxylic acids is 3. The van der Waals surface area contributed by atoms with Crippen molar-refractivity contribution in [2.45, 2.75) is 97.2 Å². The third kappa shape index (κ3) is 6.54. The first-order valence-electron chi connectivity index (χ1n) is 14.4. The minimum Gasteiger partial charge on any atom is -0.469 e. The lowest BCUT2D eigenvalue weighted by molar-refractivity contribution is -0.197. The van der Waals surface area contributed by atoms with Gasteiger partial charge in [-0.3, -0.25) is 14.4 Å². The van der Waals surface area contributed by atoms with Crippen molar-refractivity contribution < 1.29 is 28.6 Å². The summed E-state index contributed by atoms with van der Waals surface area (Å²) in [5, 5.41) is 0. The minimum atomic E-state index is -0.347. The molecular formula is C29H50Cl2N2O6. The molecule has 0 aliphatic heterocycles. The first kappa shape index (κ1) is 34.1. The van der Waals surface area contributed by atoms with Gasteiger partial charge in [0.05, 0.1) is 20.2 Å². The Morgan fingerprint density at radius 3 is 2.10 bits per heavy atom. The molecule has 0 amide bonds. The van der Waals surface area contributed by atoms with Gasteiger partial charge in [0, 0.05) is 12.3 Å². The fourth-order valence-electron chi connectivity index (χ4n) is 9.46. The lowest BCUT2D eigenvalue weighted by Gasteiger charge is -2.62. The van der Waals surface area contributed by atoms with E-state index in [2.05, 4.69) is 20.8 Å². The Labute approximate surface area is 246 Å². The summed E-state index contributed by atoms with van der Waals surface area (Å²) in [6, 6.07) is 0. The fourth-order valence-corrected chi connectivity index (χ4v) is 9.46. The normalized spacial score (nSPS) is 39.4. The lowest BCUT2D eigenvalue weighted by Crippen LogP contribution is -2.59. The van der Waals surface area contributed by atoms with Gasteiger partial charge in [0.25, 0.3) is 0 Å². The molecule has 4 rings (SSSR count). The van der Waals surface area contributed by atoms with Crippen LogP contribution in [0.1, 0.15) is 85.0 Å². The van der Waals surface area contributed by atoms with Crippen LogP contribution in [0.2, 0.25) is 0 Å². The average molecular weight is 594 g/mol. The van der Waals surface area contributed by atoms with Gasteiger partial charge in [-0.25, -0.2) is 0 Å². The summed E-state index contributed by atoms with van der Waals surface area (Å²) in [4.78, 5) is 36.2. The van der Waals surface area contributed by atoms with Crippen LogP contribution < -0.4 is 11.5 Å². The molecule has 0 saturated heterocycles. The van der Waals surface area contributed by atoms with Crippen molar-refractivity contribution in [3.05, 3.63) is 0 Å². The van der Waals surface area contributed by atoms with Crippen LogP contribution in [-0.4, -0.2) is 50.3 Å². The van der Waals surface area contributed by atoms with Crippen molar-refractivity contribution in [3.8, 4) is 0 Å². The number of hydrogen-bond donors (Lipinski definition) is 2. The van der Waals surface area contributed by atoms with E-state index in [1.807, 2.05) is 0 Å². The quantitative estimate of drug-likeness (QED) is 0.312. The zero-order valence-corrected chi connectivity index (χ0v) is 25.7. The summed E-state index contributed by atoms with van der Waals surface area (Å²) in [6.45, 7) is 6.98. The van der Waals surface area contributed by atoms with Crippen LogP contribution in [0.15, 0.2) is 0 Å². The molecule has 0 heterocycles. The second-order valence-electron chi connectivity index (χ2n) is 12.9. The Kier molecular flexibility index (Phi) is 12.0. The monoisotopic (exact) mass is 592 g/mol. The maximum Gasteiger partial charge on any atom is 0.319 e. The van der Waals surface area contributed by atoms with Crippen molar-refractivity contribution in [3.63, 3.8) is 0 Å². The molecule has 4 fully saturated rings. The van der Waals surface area contributed by atoms with Crippen molar-refractivity contribution in [2.24, 2.45) is 57.8 Å². The molecule has 0 bridgehead atoms. The summed E-state index contributed by atoms with van der Waals surface area (Å²) in [6.07, 6.45) is 9.11. The van der Waals surface area contributed by atoms with Crippen molar-refractivity contribution in [1.82, 2.24) is 0 Å². The van der Waals surface area contributed by atoms with Gasteiger partial charge < -0.3 is 25.7 Å². The molecule has 4 aliphatic rings. The van der Waals surface area contributed by atoms with Crippen molar-refractivity contribution >= 4 is 42.7 Å². The number of ether oxygens (including phenoxy) is 3. The SMILES string of the molecule is COC(=O)CC[C@@H](C)[C@H]1CC[C@H]2[C@@H]3[C@H](OC(=O)CN)C[C@@H]4C[C@H](OC(=O)CN)CC[C@]4(C)[C@H]3CC[C@]12C.Cl.Cl. The molecule has 0 spiro atoms. The third-order valence-electron chi connectivity index (χ3n) is 11.3. The molecule has 39 heavy (non-hydrogen) atoms. The molecule has 0 aromatic carbocycles. The highest BCUT2D eigenvalue weighted by Crippen LogP contribution is 2.68. The van der Waals surface area contributed by atoms with Crippen LogP contribution in [0, 0.1) is 46.3 Å². The highest BCUT2D eigenvalue weighted by atomic mass is 35.5. The van der Waals surface area contributed by atoms with Gasteiger partial charge in [-0.15, -0.1) is 24.8 Å². The number of esters is 3. The molecule has 8 nitrogen and oxygen atoms in total. The Hall–Kier alpha value is -1.09. The van der Waals surface area contributed by atoms with E-state index in [9.17, 15) is 14.4 Å². The van der Waals surface area contributed by atoms with Crippen LogP contribution in [-0.2, 0) is 28.6 Å². The van der Waals surface area contributed by atoms with E-state index in [1.165, 1.54) is 7.11 Å². The number of carbonyl (C=O) groups is 3.